The maximum atomic E-state index is 17.2. The molecular weight excluding hydrogens is 823 g/mol. The molecule has 0 heterocycles. The molecule has 0 bridgehead atoms. The van der Waals surface area contributed by atoms with Crippen molar-refractivity contribution in [1.82, 2.24) is 0 Å². The number of fused-ring (bicyclic) bond motifs is 10. The first kappa shape index (κ1) is 47.0. The average molecular weight is 889 g/mol. The van der Waals surface area contributed by atoms with Crippen LogP contribution in [0.2, 0.25) is 0 Å². The summed E-state index contributed by atoms with van der Waals surface area (Å²) in [4.78, 5) is 50.3. The van der Waals surface area contributed by atoms with Crippen LogP contribution in [0.15, 0.2) is 77.9 Å². The summed E-state index contributed by atoms with van der Waals surface area (Å²) in [5.74, 6) is -3.44. The number of benzene rings is 1. The number of hydrogen-bond acceptors (Lipinski definition) is 10. The van der Waals surface area contributed by atoms with Gasteiger partial charge in [0.25, 0.3) is 0 Å². The summed E-state index contributed by atoms with van der Waals surface area (Å²) in [5, 5.41) is 46.2. The van der Waals surface area contributed by atoms with Crippen molar-refractivity contribution in [2.24, 2.45) is 57.2 Å². The molecule has 16 atom stereocenters. The van der Waals surface area contributed by atoms with Gasteiger partial charge in [0.2, 0.25) is 0 Å². The van der Waals surface area contributed by atoms with Gasteiger partial charge in [0.15, 0.2) is 34.5 Å². The third-order valence-electron chi connectivity index (χ3n) is 18.9. The number of ether oxygens (including phenoxy) is 2. The van der Waals surface area contributed by atoms with E-state index in [-0.39, 0.29) is 62.0 Å². The molecule has 12 heteroatoms. The van der Waals surface area contributed by atoms with Gasteiger partial charge < -0.3 is 29.9 Å². The first-order chi connectivity index (χ1) is 29.9. The molecule has 8 aliphatic rings. The smallest absolute Gasteiger partial charge is 0.190 e. The molecule has 1 aromatic carbocycles. The monoisotopic (exact) mass is 888 g/mol. The maximum Gasteiger partial charge on any atom is 0.190 e. The number of hydrogen-bond donors (Lipinski definition) is 4. The van der Waals surface area contributed by atoms with E-state index in [1.54, 1.807) is 26.0 Å². The van der Waals surface area contributed by atoms with Crippen molar-refractivity contribution in [3.63, 3.8) is 0 Å². The minimum absolute atomic E-state index is 0.00832. The van der Waals surface area contributed by atoms with Gasteiger partial charge in [-0.1, -0.05) is 81.3 Å². The quantitative estimate of drug-likeness (QED) is 0.222. The summed E-state index contributed by atoms with van der Waals surface area (Å²) in [6.07, 6.45) is 9.38. The highest BCUT2D eigenvalue weighted by Gasteiger charge is 2.77. The van der Waals surface area contributed by atoms with Crippen LogP contribution in [0.25, 0.3) is 0 Å². The predicted octanol–water partition coefficient (Wildman–Crippen LogP) is 6.67. The van der Waals surface area contributed by atoms with Crippen molar-refractivity contribution < 1.29 is 57.9 Å². The Hall–Kier alpha value is -3.52. The molecule has 0 aromatic heterocycles. The van der Waals surface area contributed by atoms with Crippen molar-refractivity contribution in [3.8, 4) is 0 Å². The first-order valence-electron chi connectivity index (χ1n) is 23.2. The number of halogens is 2. The van der Waals surface area contributed by atoms with Crippen LogP contribution in [-0.4, -0.2) is 98.6 Å². The number of aliphatic hydroxyl groups is 4. The van der Waals surface area contributed by atoms with Crippen molar-refractivity contribution in [2.75, 3.05) is 20.3 Å². The fourth-order valence-corrected chi connectivity index (χ4v) is 15.5. The molecule has 64 heavy (non-hydrogen) atoms. The highest BCUT2D eigenvalue weighted by Crippen LogP contribution is 2.72. The van der Waals surface area contributed by atoms with Crippen LogP contribution in [0.3, 0.4) is 0 Å². The van der Waals surface area contributed by atoms with E-state index in [4.69, 9.17) is 9.47 Å². The molecule has 0 amide bonds. The molecule has 0 spiro atoms. The van der Waals surface area contributed by atoms with Gasteiger partial charge in [-0.2, -0.15) is 0 Å². The van der Waals surface area contributed by atoms with E-state index in [0.29, 0.717) is 38.5 Å². The van der Waals surface area contributed by atoms with Crippen molar-refractivity contribution in [3.05, 3.63) is 83.5 Å². The largest absolute Gasteiger partial charge is 0.390 e. The number of carbonyl (C=O) groups excluding carboxylic acids is 4. The molecule has 4 N–H and O–H groups in total. The van der Waals surface area contributed by atoms with Gasteiger partial charge in [0, 0.05) is 40.6 Å². The molecule has 12 unspecified atom stereocenters. The molecule has 0 saturated heterocycles. The number of aliphatic hydroxyl groups excluding tert-OH is 2. The SMILES string of the molecule is COCC(=O)[C@@]1(O)[C@H](C)CC2C3CCC4=CC(=O)C=CC4(C)C3(F)C(O)CC21C.C[C@@H]1CC2C3CCC4=CC(=O)C=CC4(C)C3(F)C(O)CC2(C)[C@@]1(O)C(=O)COCc1ccccc1. The van der Waals surface area contributed by atoms with E-state index in [9.17, 15) is 39.6 Å². The molecule has 0 aliphatic heterocycles. The number of allylic oxidation sites excluding steroid dienone is 8. The number of carbonyl (C=O) groups is 4. The summed E-state index contributed by atoms with van der Waals surface area (Å²) >= 11 is 0. The predicted molar refractivity (Wildman–Crippen MR) is 234 cm³/mol. The Labute approximate surface area is 375 Å². The summed E-state index contributed by atoms with van der Waals surface area (Å²) in [7, 11) is 1.41. The molecule has 1 aromatic rings. The molecule has 0 radical (unpaired) electrons. The molecule has 9 rings (SSSR count). The molecule has 10 nitrogen and oxygen atoms in total. The molecular formula is C52H66F2O10. The number of methoxy groups -OCH3 is 1. The van der Waals surface area contributed by atoms with Crippen LogP contribution in [0.1, 0.15) is 98.5 Å². The topological polar surface area (TPSA) is 168 Å². The second-order valence-electron chi connectivity index (χ2n) is 21.6. The lowest BCUT2D eigenvalue weighted by Crippen LogP contribution is -2.69. The van der Waals surface area contributed by atoms with Crippen LogP contribution >= 0.6 is 0 Å². The van der Waals surface area contributed by atoms with Gasteiger partial charge in [-0.25, -0.2) is 8.78 Å². The lowest BCUT2D eigenvalue weighted by Gasteiger charge is -2.62. The van der Waals surface area contributed by atoms with Crippen LogP contribution in [0.4, 0.5) is 8.78 Å². The Morgan fingerprint density at radius 2 is 1.11 bits per heavy atom. The molecule has 348 valence electrons. The van der Waals surface area contributed by atoms with E-state index in [1.807, 2.05) is 58.0 Å². The van der Waals surface area contributed by atoms with Crippen LogP contribution in [0, 0.1) is 57.2 Å². The van der Waals surface area contributed by atoms with Crippen LogP contribution < -0.4 is 0 Å². The van der Waals surface area contributed by atoms with E-state index in [0.717, 1.165) is 16.7 Å². The van der Waals surface area contributed by atoms with Gasteiger partial charge >= 0.3 is 0 Å². The number of alkyl halides is 2. The Morgan fingerprint density at radius 1 is 0.688 bits per heavy atom. The Morgan fingerprint density at radius 3 is 1.53 bits per heavy atom. The van der Waals surface area contributed by atoms with Gasteiger partial charge in [-0.05, 0) is 119 Å². The van der Waals surface area contributed by atoms with E-state index < -0.39 is 85.7 Å². The Balaban J connectivity index is 0.000000178. The fraction of sp³-hybridized carbons (Fsp3) is 0.654. The van der Waals surface area contributed by atoms with Gasteiger partial charge in [-0.3, -0.25) is 19.2 Å². The molecule has 6 saturated carbocycles. The summed E-state index contributed by atoms with van der Waals surface area (Å²) in [6, 6.07) is 9.52. The van der Waals surface area contributed by atoms with Gasteiger partial charge in [0.05, 0.1) is 18.8 Å². The lowest BCUT2D eigenvalue weighted by molar-refractivity contribution is -0.220. The maximum absolute atomic E-state index is 17.2. The zero-order valence-electron chi connectivity index (χ0n) is 38.2. The first-order valence-corrected chi connectivity index (χ1v) is 23.2. The van der Waals surface area contributed by atoms with Crippen molar-refractivity contribution in [1.29, 1.82) is 0 Å². The van der Waals surface area contributed by atoms with E-state index >= 15 is 8.78 Å². The van der Waals surface area contributed by atoms with Crippen LogP contribution in [0.5, 0.6) is 0 Å². The fourth-order valence-electron chi connectivity index (χ4n) is 15.5. The lowest BCUT2D eigenvalue weighted by atomic mass is 9.44. The van der Waals surface area contributed by atoms with Gasteiger partial charge in [-0.15, -0.1) is 0 Å². The average Bonchev–Trinajstić information content (AvgIpc) is 3.58. The Kier molecular flexibility index (Phi) is 11.6. The molecule has 8 aliphatic carbocycles. The van der Waals surface area contributed by atoms with E-state index in [1.165, 1.54) is 31.4 Å². The van der Waals surface area contributed by atoms with Gasteiger partial charge in [0.1, 0.15) is 24.4 Å². The Bertz CT molecular complexity index is 2220. The summed E-state index contributed by atoms with van der Waals surface area (Å²) in [6.45, 7) is 10.7. The second kappa shape index (κ2) is 15.8. The zero-order chi connectivity index (χ0) is 46.6. The highest BCUT2D eigenvalue weighted by molar-refractivity contribution is 6.02. The van der Waals surface area contributed by atoms with Crippen molar-refractivity contribution in [2.45, 2.75) is 134 Å². The number of ketones is 4. The third kappa shape index (κ3) is 6.13. The third-order valence-corrected chi connectivity index (χ3v) is 18.9. The normalized spacial score (nSPS) is 47.4. The summed E-state index contributed by atoms with van der Waals surface area (Å²) in [5.41, 5.74) is -8.99. The minimum atomic E-state index is -1.98. The zero-order valence-corrected chi connectivity index (χ0v) is 38.2. The second-order valence-corrected chi connectivity index (χ2v) is 21.6. The van der Waals surface area contributed by atoms with Crippen molar-refractivity contribution >= 4 is 23.1 Å². The van der Waals surface area contributed by atoms with E-state index in [2.05, 4.69) is 0 Å². The minimum Gasteiger partial charge on any atom is -0.390 e. The summed E-state index contributed by atoms with van der Waals surface area (Å²) < 4.78 is 44.8. The number of rotatable bonds is 8. The highest BCUT2D eigenvalue weighted by atomic mass is 19.1. The standard InChI is InChI=1S/C29H35FO5.C23H31FO5/c1-18-13-23-22-10-9-20-14-21(31)11-12-26(20,2)28(22,30)24(32)15-27(23,3)29(18,34)25(33)17-35-16-19-7-5-4-6-8-19;1-13-9-17-16-6-5-14-10-15(25)7-8-20(14,2)22(16,24)18(26)11-21(17,3)23(13,28)19(27)12-29-4/h4-8,11-12,14,18,22-24,32,34H,9-10,13,15-17H2,1-3H3;7-8,10,13,16-18,26,28H,5-6,9,11-12H2,1-4H3/t18-,22?,23?,24?,26?,27?,28?,29+;13-,16?,17?,18?,20?,21?,22?,23+/m11/s1. The van der Waals surface area contributed by atoms with Crippen LogP contribution in [-0.2, 0) is 35.3 Å². The number of Topliss-reactive ketones (excluding diaryl/α,β-unsaturated/α-hetero) is 2. The molecule has 6 fully saturated rings.